The Morgan fingerprint density at radius 2 is 1.66 bits per heavy atom. The number of amides is 1. The molecular formula is C23H18FN3O2. The quantitative estimate of drug-likeness (QED) is 0.501. The zero-order chi connectivity index (χ0) is 20.2. The minimum absolute atomic E-state index is 0.306. The Hall–Kier alpha value is -3.93. The van der Waals surface area contributed by atoms with Crippen molar-refractivity contribution in [3.8, 4) is 17.2 Å². The number of halogens is 1. The van der Waals surface area contributed by atoms with E-state index in [2.05, 4.69) is 10.4 Å². The molecule has 4 rings (SSSR count). The molecule has 0 saturated carbocycles. The molecule has 0 bridgehead atoms. The minimum Gasteiger partial charge on any atom is -0.455 e. The van der Waals surface area contributed by atoms with Crippen molar-refractivity contribution in [2.75, 3.05) is 5.32 Å². The van der Waals surface area contributed by atoms with Gasteiger partial charge in [0.05, 0.1) is 28.8 Å². The maximum Gasteiger partial charge on any atom is 0.259 e. The van der Waals surface area contributed by atoms with Gasteiger partial charge in [-0.15, -0.1) is 0 Å². The lowest BCUT2D eigenvalue weighted by Crippen LogP contribution is -2.13. The number of carbonyl (C=O) groups is 1. The number of nitrogens with one attached hydrogen (secondary N) is 1. The van der Waals surface area contributed by atoms with E-state index in [0.29, 0.717) is 34.1 Å². The van der Waals surface area contributed by atoms with Gasteiger partial charge in [-0.05, 0) is 55.5 Å². The van der Waals surface area contributed by atoms with Crippen LogP contribution in [0.15, 0.2) is 85.1 Å². The van der Waals surface area contributed by atoms with Crippen molar-refractivity contribution in [2.45, 2.75) is 6.92 Å². The van der Waals surface area contributed by atoms with Crippen molar-refractivity contribution in [3.05, 3.63) is 102 Å². The third kappa shape index (κ3) is 4.01. The first kappa shape index (κ1) is 18.4. The Balaban J connectivity index is 1.57. The van der Waals surface area contributed by atoms with E-state index in [1.54, 1.807) is 35.9 Å². The maximum absolute atomic E-state index is 13.2. The number of carbonyl (C=O) groups excluding carboxylic acids is 1. The van der Waals surface area contributed by atoms with E-state index in [4.69, 9.17) is 4.74 Å². The smallest absolute Gasteiger partial charge is 0.259 e. The van der Waals surface area contributed by atoms with Crippen molar-refractivity contribution >= 4 is 11.6 Å². The van der Waals surface area contributed by atoms with E-state index in [1.165, 1.54) is 18.3 Å². The summed E-state index contributed by atoms with van der Waals surface area (Å²) in [6.45, 7) is 1.79. The Bertz CT molecular complexity index is 1140. The average molecular weight is 387 g/mol. The van der Waals surface area contributed by atoms with Crippen LogP contribution in [-0.4, -0.2) is 15.7 Å². The van der Waals surface area contributed by atoms with Gasteiger partial charge in [0.2, 0.25) is 0 Å². The lowest BCUT2D eigenvalue weighted by molar-refractivity contribution is 0.102. The first-order valence-electron chi connectivity index (χ1n) is 9.05. The van der Waals surface area contributed by atoms with Gasteiger partial charge in [-0.3, -0.25) is 4.79 Å². The van der Waals surface area contributed by atoms with E-state index in [9.17, 15) is 9.18 Å². The monoisotopic (exact) mass is 387 g/mol. The Morgan fingerprint density at radius 3 is 2.41 bits per heavy atom. The van der Waals surface area contributed by atoms with Gasteiger partial charge in [0.15, 0.2) is 5.75 Å². The van der Waals surface area contributed by atoms with Crippen molar-refractivity contribution in [1.29, 1.82) is 0 Å². The first-order valence-corrected chi connectivity index (χ1v) is 9.05. The highest BCUT2D eigenvalue weighted by atomic mass is 19.1. The SMILES string of the molecule is Cc1c(C(=O)Nc2ccccc2Oc2ccccc2)cnn1-c1ccc(F)cc1. The average Bonchev–Trinajstić information content (AvgIpc) is 3.12. The van der Waals surface area contributed by atoms with Crippen LogP contribution in [0.5, 0.6) is 11.5 Å². The Morgan fingerprint density at radius 1 is 0.966 bits per heavy atom. The third-order valence-corrected chi connectivity index (χ3v) is 4.43. The standard InChI is InChI=1S/C23H18FN3O2/c1-16-20(15-25-27(16)18-13-11-17(24)12-14-18)23(28)26-21-9-5-6-10-22(21)29-19-7-3-2-4-8-19/h2-15H,1H3,(H,26,28). The zero-order valence-corrected chi connectivity index (χ0v) is 15.7. The topological polar surface area (TPSA) is 56.1 Å². The maximum atomic E-state index is 13.2. The van der Waals surface area contributed by atoms with E-state index in [-0.39, 0.29) is 11.7 Å². The van der Waals surface area contributed by atoms with Gasteiger partial charge in [-0.2, -0.15) is 5.10 Å². The molecule has 0 aliphatic heterocycles. The number of aromatic nitrogens is 2. The van der Waals surface area contributed by atoms with E-state index in [1.807, 2.05) is 42.5 Å². The van der Waals surface area contributed by atoms with Gasteiger partial charge in [0.1, 0.15) is 11.6 Å². The molecule has 0 spiro atoms. The summed E-state index contributed by atoms with van der Waals surface area (Å²) < 4.78 is 20.7. The van der Waals surface area contributed by atoms with Crippen molar-refractivity contribution in [3.63, 3.8) is 0 Å². The van der Waals surface area contributed by atoms with Crippen LogP contribution in [0.25, 0.3) is 5.69 Å². The van der Waals surface area contributed by atoms with Gasteiger partial charge in [0.25, 0.3) is 5.91 Å². The number of hydrogen-bond acceptors (Lipinski definition) is 3. The molecule has 0 fully saturated rings. The molecule has 1 amide bonds. The minimum atomic E-state index is -0.327. The van der Waals surface area contributed by atoms with Gasteiger partial charge < -0.3 is 10.1 Å². The fraction of sp³-hybridized carbons (Fsp3) is 0.0435. The molecule has 0 saturated heterocycles. The second-order valence-corrected chi connectivity index (χ2v) is 6.40. The van der Waals surface area contributed by atoms with Crippen molar-refractivity contribution in [2.24, 2.45) is 0 Å². The number of anilines is 1. The van der Waals surface area contributed by atoms with E-state index >= 15 is 0 Å². The zero-order valence-electron chi connectivity index (χ0n) is 15.7. The molecule has 5 nitrogen and oxygen atoms in total. The molecule has 0 aliphatic carbocycles. The number of ether oxygens (including phenoxy) is 1. The summed E-state index contributed by atoms with van der Waals surface area (Å²) in [6.07, 6.45) is 1.49. The molecule has 0 atom stereocenters. The van der Waals surface area contributed by atoms with Crippen molar-refractivity contribution in [1.82, 2.24) is 9.78 Å². The van der Waals surface area contributed by atoms with Crippen LogP contribution in [0.2, 0.25) is 0 Å². The Kier molecular flexibility index (Phi) is 5.07. The lowest BCUT2D eigenvalue weighted by atomic mass is 10.2. The third-order valence-electron chi connectivity index (χ3n) is 4.43. The molecule has 0 aliphatic rings. The summed E-state index contributed by atoms with van der Waals surface area (Å²) in [6, 6.07) is 22.5. The van der Waals surface area contributed by atoms with Crippen LogP contribution in [0.4, 0.5) is 10.1 Å². The molecule has 0 unspecified atom stereocenters. The molecular weight excluding hydrogens is 369 g/mol. The van der Waals surface area contributed by atoms with Gasteiger partial charge in [-0.1, -0.05) is 30.3 Å². The predicted octanol–water partition coefficient (Wildman–Crippen LogP) is 5.36. The molecule has 1 heterocycles. The summed E-state index contributed by atoms with van der Waals surface area (Å²) in [4.78, 5) is 12.9. The molecule has 0 radical (unpaired) electrons. The van der Waals surface area contributed by atoms with Crippen molar-refractivity contribution < 1.29 is 13.9 Å². The normalized spacial score (nSPS) is 10.6. The molecule has 6 heteroatoms. The number of rotatable bonds is 5. The molecule has 144 valence electrons. The second-order valence-electron chi connectivity index (χ2n) is 6.40. The van der Waals surface area contributed by atoms with E-state index in [0.717, 1.165) is 0 Å². The van der Waals surface area contributed by atoms with Crippen LogP contribution in [0, 0.1) is 12.7 Å². The fourth-order valence-corrected chi connectivity index (χ4v) is 2.94. The summed E-state index contributed by atoms with van der Waals surface area (Å²) in [5.74, 6) is 0.580. The van der Waals surface area contributed by atoms with Gasteiger partial charge in [-0.25, -0.2) is 9.07 Å². The highest BCUT2D eigenvalue weighted by molar-refractivity contribution is 6.05. The highest BCUT2D eigenvalue weighted by Crippen LogP contribution is 2.29. The lowest BCUT2D eigenvalue weighted by Gasteiger charge is -2.12. The molecule has 29 heavy (non-hydrogen) atoms. The van der Waals surface area contributed by atoms with Crippen LogP contribution in [0.1, 0.15) is 16.1 Å². The van der Waals surface area contributed by atoms with Gasteiger partial charge in [0, 0.05) is 0 Å². The summed E-state index contributed by atoms with van der Waals surface area (Å²) in [5.41, 5.74) is 2.30. The van der Waals surface area contributed by atoms with Crippen LogP contribution >= 0.6 is 0 Å². The molecule has 4 aromatic rings. The van der Waals surface area contributed by atoms with Crippen LogP contribution in [0.3, 0.4) is 0 Å². The van der Waals surface area contributed by atoms with E-state index < -0.39 is 0 Å². The fourth-order valence-electron chi connectivity index (χ4n) is 2.94. The number of hydrogen-bond donors (Lipinski definition) is 1. The first-order chi connectivity index (χ1) is 14.1. The highest BCUT2D eigenvalue weighted by Gasteiger charge is 2.17. The molecule has 1 aromatic heterocycles. The molecule has 3 aromatic carbocycles. The Labute approximate surface area is 167 Å². The number of benzene rings is 3. The largest absolute Gasteiger partial charge is 0.455 e. The van der Waals surface area contributed by atoms with Crippen LogP contribution in [-0.2, 0) is 0 Å². The second kappa shape index (κ2) is 7.98. The predicted molar refractivity (Wildman–Crippen MR) is 109 cm³/mol. The number of para-hydroxylation sites is 3. The molecule has 1 N–H and O–H groups in total. The van der Waals surface area contributed by atoms with Crippen LogP contribution < -0.4 is 10.1 Å². The summed E-state index contributed by atoms with van der Waals surface area (Å²) >= 11 is 0. The van der Waals surface area contributed by atoms with Gasteiger partial charge >= 0.3 is 0 Å². The summed E-state index contributed by atoms with van der Waals surface area (Å²) in [5, 5.41) is 7.16. The number of nitrogens with zero attached hydrogens (tertiary/aromatic N) is 2. The summed E-state index contributed by atoms with van der Waals surface area (Å²) in [7, 11) is 0.